The number of hydrogen-bond donors (Lipinski definition) is 2. The van der Waals surface area contributed by atoms with Gasteiger partial charge in [-0.2, -0.15) is 0 Å². The molecule has 1 heterocycles. The molecular formula is C20H16ClN3O5. The molecule has 2 aromatic rings. The lowest BCUT2D eigenvalue weighted by atomic mass is 10.1. The van der Waals surface area contributed by atoms with Gasteiger partial charge in [-0.1, -0.05) is 29.8 Å². The molecule has 148 valence electrons. The number of urea groups is 1. The fourth-order valence-electron chi connectivity index (χ4n) is 2.70. The topological polar surface area (TPSA) is 119 Å². The SMILES string of the molecule is Cc1cccc(N2C(=O)NC(=O)C(=Cc3ccc(OCC(N)=O)c(Cl)c3)C2=O)c1. The minimum absolute atomic E-state index is 0.163. The predicted molar refractivity (Wildman–Crippen MR) is 106 cm³/mol. The van der Waals surface area contributed by atoms with Gasteiger partial charge in [-0.15, -0.1) is 0 Å². The number of amides is 5. The van der Waals surface area contributed by atoms with Crippen molar-refractivity contribution < 1.29 is 23.9 Å². The van der Waals surface area contributed by atoms with Gasteiger partial charge in [0.15, 0.2) is 6.61 Å². The predicted octanol–water partition coefficient (Wildman–Crippen LogP) is 2.18. The van der Waals surface area contributed by atoms with Crippen molar-refractivity contribution in [3.8, 4) is 5.75 Å². The molecule has 1 saturated heterocycles. The molecule has 3 rings (SSSR count). The number of ether oxygens (including phenoxy) is 1. The number of anilines is 1. The number of barbiturate groups is 1. The number of nitrogens with zero attached hydrogens (tertiary/aromatic N) is 1. The van der Waals surface area contributed by atoms with Crippen LogP contribution in [0.5, 0.6) is 5.75 Å². The van der Waals surface area contributed by atoms with E-state index in [1.165, 1.54) is 18.2 Å². The molecule has 0 aliphatic carbocycles. The standard InChI is InChI=1S/C20H16ClN3O5/c1-11-3-2-4-13(7-11)24-19(27)14(18(26)23-20(24)28)8-12-5-6-16(15(21)9-12)29-10-17(22)25/h2-9H,10H2,1H3,(H2,22,25)(H,23,26,28). The maximum atomic E-state index is 12.9. The number of benzene rings is 2. The Morgan fingerprint density at radius 1 is 1.21 bits per heavy atom. The van der Waals surface area contributed by atoms with E-state index >= 15 is 0 Å². The summed E-state index contributed by atoms with van der Waals surface area (Å²) in [6.45, 7) is 1.48. The minimum atomic E-state index is -0.823. The van der Waals surface area contributed by atoms with Crippen LogP contribution in [0.15, 0.2) is 48.0 Å². The lowest BCUT2D eigenvalue weighted by molar-refractivity contribution is -0.123. The summed E-state index contributed by atoms with van der Waals surface area (Å²) in [6.07, 6.45) is 1.32. The van der Waals surface area contributed by atoms with Crippen LogP contribution in [-0.2, 0) is 14.4 Å². The highest BCUT2D eigenvalue weighted by Crippen LogP contribution is 2.28. The molecule has 3 N–H and O–H groups in total. The first kappa shape index (κ1) is 20.1. The van der Waals surface area contributed by atoms with Gasteiger partial charge >= 0.3 is 6.03 Å². The Bertz CT molecular complexity index is 1060. The molecule has 8 nitrogen and oxygen atoms in total. The Morgan fingerprint density at radius 2 is 1.97 bits per heavy atom. The molecule has 2 aromatic carbocycles. The molecule has 5 amide bonds. The Balaban J connectivity index is 1.92. The third-order valence-corrected chi connectivity index (χ3v) is 4.29. The van der Waals surface area contributed by atoms with Crippen LogP contribution < -0.4 is 20.7 Å². The van der Waals surface area contributed by atoms with Crippen LogP contribution in [0.1, 0.15) is 11.1 Å². The van der Waals surface area contributed by atoms with Crippen molar-refractivity contribution in [2.45, 2.75) is 6.92 Å². The van der Waals surface area contributed by atoms with Crippen LogP contribution in [0, 0.1) is 6.92 Å². The second-order valence-corrected chi connectivity index (χ2v) is 6.65. The number of halogens is 1. The molecule has 1 fully saturated rings. The van der Waals surface area contributed by atoms with Crippen molar-refractivity contribution in [3.63, 3.8) is 0 Å². The highest BCUT2D eigenvalue weighted by atomic mass is 35.5. The molecule has 0 spiro atoms. The number of imide groups is 2. The molecule has 0 radical (unpaired) electrons. The zero-order valence-corrected chi connectivity index (χ0v) is 16.0. The van der Waals surface area contributed by atoms with Crippen molar-refractivity contribution in [3.05, 3.63) is 64.2 Å². The number of hydrogen-bond acceptors (Lipinski definition) is 5. The normalized spacial score (nSPS) is 15.4. The number of nitrogens with two attached hydrogens (primary N) is 1. The molecule has 29 heavy (non-hydrogen) atoms. The van der Waals surface area contributed by atoms with Gasteiger partial charge in [0.1, 0.15) is 11.3 Å². The van der Waals surface area contributed by atoms with E-state index in [1.54, 1.807) is 24.3 Å². The maximum absolute atomic E-state index is 12.9. The number of aryl methyl sites for hydroxylation is 1. The van der Waals surface area contributed by atoms with Gasteiger partial charge in [0, 0.05) is 0 Å². The van der Waals surface area contributed by atoms with E-state index in [-0.39, 0.29) is 23.0 Å². The monoisotopic (exact) mass is 413 g/mol. The van der Waals surface area contributed by atoms with Crippen molar-refractivity contribution in [2.24, 2.45) is 5.73 Å². The van der Waals surface area contributed by atoms with Gasteiger partial charge < -0.3 is 10.5 Å². The fourth-order valence-corrected chi connectivity index (χ4v) is 2.94. The Labute approximate surface area is 170 Å². The fraction of sp³-hybridized carbons (Fsp3) is 0.100. The van der Waals surface area contributed by atoms with E-state index < -0.39 is 23.8 Å². The largest absolute Gasteiger partial charge is 0.482 e. The van der Waals surface area contributed by atoms with Crippen LogP contribution in [0.3, 0.4) is 0 Å². The van der Waals surface area contributed by atoms with E-state index in [2.05, 4.69) is 5.32 Å². The van der Waals surface area contributed by atoms with E-state index in [9.17, 15) is 19.2 Å². The van der Waals surface area contributed by atoms with Crippen LogP contribution in [-0.4, -0.2) is 30.4 Å². The number of carbonyl (C=O) groups excluding carboxylic acids is 4. The second-order valence-electron chi connectivity index (χ2n) is 6.24. The summed E-state index contributed by atoms with van der Waals surface area (Å²) in [4.78, 5) is 49.0. The third-order valence-electron chi connectivity index (χ3n) is 4.00. The van der Waals surface area contributed by atoms with Crippen LogP contribution in [0.2, 0.25) is 5.02 Å². The number of rotatable bonds is 5. The Kier molecular flexibility index (Phi) is 5.65. The van der Waals surface area contributed by atoms with Crippen molar-refractivity contribution in [2.75, 3.05) is 11.5 Å². The van der Waals surface area contributed by atoms with Crippen molar-refractivity contribution in [1.82, 2.24) is 5.32 Å². The van der Waals surface area contributed by atoms with E-state index in [0.717, 1.165) is 10.5 Å². The Morgan fingerprint density at radius 3 is 2.62 bits per heavy atom. The van der Waals surface area contributed by atoms with Crippen LogP contribution >= 0.6 is 11.6 Å². The molecule has 9 heteroatoms. The summed E-state index contributed by atoms with van der Waals surface area (Å²) in [7, 11) is 0. The highest BCUT2D eigenvalue weighted by molar-refractivity contribution is 6.39. The summed E-state index contributed by atoms with van der Waals surface area (Å²) in [6, 6.07) is 10.4. The minimum Gasteiger partial charge on any atom is -0.482 e. The lowest BCUT2D eigenvalue weighted by Crippen LogP contribution is -2.54. The van der Waals surface area contributed by atoms with Gasteiger partial charge in [-0.25, -0.2) is 9.69 Å². The van der Waals surface area contributed by atoms with Gasteiger partial charge in [-0.3, -0.25) is 19.7 Å². The molecule has 0 unspecified atom stereocenters. The summed E-state index contributed by atoms with van der Waals surface area (Å²) in [5.74, 6) is -2.00. The van der Waals surface area contributed by atoms with Crippen molar-refractivity contribution in [1.29, 1.82) is 0 Å². The maximum Gasteiger partial charge on any atom is 0.335 e. The van der Waals surface area contributed by atoms with Crippen LogP contribution in [0.4, 0.5) is 10.5 Å². The number of nitrogens with one attached hydrogen (secondary N) is 1. The van der Waals surface area contributed by atoms with Gasteiger partial charge in [-0.05, 0) is 48.4 Å². The smallest absolute Gasteiger partial charge is 0.335 e. The van der Waals surface area contributed by atoms with E-state index in [0.29, 0.717) is 11.3 Å². The first-order valence-corrected chi connectivity index (χ1v) is 8.83. The quantitative estimate of drug-likeness (QED) is 0.575. The molecule has 1 aliphatic rings. The van der Waals surface area contributed by atoms with E-state index in [4.69, 9.17) is 22.1 Å². The van der Waals surface area contributed by atoms with Gasteiger partial charge in [0.05, 0.1) is 10.7 Å². The van der Waals surface area contributed by atoms with Gasteiger partial charge in [0.25, 0.3) is 17.7 Å². The first-order chi connectivity index (χ1) is 13.8. The lowest BCUT2D eigenvalue weighted by Gasteiger charge is -2.26. The Hall–Kier alpha value is -3.65. The molecule has 0 aromatic heterocycles. The van der Waals surface area contributed by atoms with E-state index in [1.807, 2.05) is 13.0 Å². The zero-order chi connectivity index (χ0) is 21.1. The van der Waals surface area contributed by atoms with Crippen molar-refractivity contribution >= 4 is 47.1 Å². The zero-order valence-electron chi connectivity index (χ0n) is 15.3. The average Bonchev–Trinajstić information content (AvgIpc) is 2.64. The summed E-state index contributed by atoms with van der Waals surface area (Å²) in [5, 5.41) is 2.32. The second kappa shape index (κ2) is 8.15. The highest BCUT2D eigenvalue weighted by Gasteiger charge is 2.36. The number of carbonyl (C=O) groups is 4. The average molecular weight is 414 g/mol. The third kappa shape index (κ3) is 4.44. The molecule has 0 bridgehead atoms. The summed E-state index contributed by atoms with van der Waals surface area (Å²) in [5.41, 5.74) is 6.42. The van der Waals surface area contributed by atoms with Gasteiger partial charge in [0.2, 0.25) is 0 Å². The molecule has 0 atom stereocenters. The summed E-state index contributed by atoms with van der Waals surface area (Å²) >= 11 is 6.11. The van der Waals surface area contributed by atoms with Crippen LogP contribution in [0.25, 0.3) is 6.08 Å². The number of primary amides is 1. The molecular weight excluding hydrogens is 398 g/mol. The summed E-state index contributed by atoms with van der Waals surface area (Å²) < 4.78 is 5.16. The molecule has 0 saturated carbocycles. The molecule has 1 aliphatic heterocycles. The first-order valence-electron chi connectivity index (χ1n) is 8.45.